The molecule has 17 heavy (non-hydrogen) atoms. The molecule has 0 radical (unpaired) electrons. The van der Waals surface area contributed by atoms with Gasteiger partial charge in [0.05, 0.1) is 0 Å². The number of halogens is 1. The third-order valence-electron chi connectivity index (χ3n) is 3.48. The van der Waals surface area contributed by atoms with Crippen LogP contribution in [0.5, 0.6) is 0 Å². The van der Waals surface area contributed by atoms with E-state index in [1.165, 1.54) is 12.8 Å². The first-order valence-corrected chi connectivity index (χ1v) is 6.54. The first kappa shape index (κ1) is 12.6. The zero-order valence-corrected chi connectivity index (χ0v) is 10.9. The lowest BCUT2D eigenvalue weighted by atomic mass is 9.91. The molecule has 1 aromatic rings. The van der Waals surface area contributed by atoms with Crippen molar-refractivity contribution < 1.29 is 0 Å². The summed E-state index contributed by atoms with van der Waals surface area (Å²) >= 11 is 5.76. The van der Waals surface area contributed by atoms with Crippen molar-refractivity contribution >= 4 is 17.4 Å². The third-order valence-corrected chi connectivity index (χ3v) is 3.65. The van der Waals surface area contributed by atoms with Gasteiger partial charge >= 0.3 is 0 Å². The van der Waals surface area contributed by atoms with Gasteiger partial charge < -0.3 is 11.1 Å². The van der Waals surface area contributed by atoms with Gasteiger partial charge in [-0.25, -0.2) is 9.97 Å². The minimum atomic E-state index is 0.241. The van der Waals surface area contributed by atoms with E-state index in [-0.39, 0.29) is 5.28 Å². The molecule has 1 fully saturated rings. The van der Waals surface area contributed by atoms with Gasteiger partial charge in [-0.1, -0.05) is 0 Å². The van der Waals surface area contributed by atoms with Crippen LogP contribution in [-0.2, 0) is 6.42 Å². The summed E-state index contributed by atoms with van der Waals surface area (Å²) in [6.07, 6.45) is 4.64. The lowest BCUT2D eigenvalue weighted by Crippen LogP contribution is -2.28. The van der Waals surface area contributed by atoms with Gasteiger partial charge in [0.15, 0.2) is 0 Å². The molecule has 1 aliphatic rings. The monoisotopic (exact) mass is 254 g/mol. The molecule has 1 aliphatic heterocycles. The number of aryl methyl sites for hydroxylation is 1. The number of hydrogen-bond donors (Lipinski definition) is 2. The first-order chi connectivity index (χ1) is 8.16. The Kier molecular flexibility index (Phi) is 4.18. The maximum atomic E-state index is 5.89. The second-order valence-electron chi connectivity index (χ2n) is 4.67. The standard InChI is InChI=1S/C12H19ClN4/c1-8-10(11(14)17-12(13)16-8)3-2-9-4-6-15-7-5-9/h9,15H,2-7H2,1H3,(H2,14,16,17). The number of piperidine rings is 1. The molecule has 5 heteroatoms. The number of hydrogen-bond acceptors (Lipinski definition) is 4. The van der Waals surface area contributed by atoms with Crippen LogP contribution in [0.2, 0.25) is 5.28 Å². The second kappa shape index (κ2) is 5.65. The third kappa shape index (κ3) is 3.30. The van der Waals surface area contributed by atoms with Crippen molar-refractivity contribution in [3.8, 4) is 0 Å². The maximum Gasteiger partial charge on any atom is 0.224 e. The molecule has 2 rings (SSSR count). The fourth-order valence-corrected chi connectivity index (χ4v) is 2.63. The molecule has 0 unspecified atom stereocenters. The van der Waals surface area contributed by atoms with Crippen LogP contribution < -0.4 is 11.1 Å². The first-order valence-electron chi connectivity index (χ1n) is 6.16. The van der Waals surface area contributed by atoms with E-state index in [2.05, 4.69) is 15.3 Å². The van der Waals surface area contributed by atoms with Crippen LogP contribution in [-0.4, -0.2) is 23.1 Å². The quantitative estimate of drug-likeness (QED) is 0.810. The summed E-state index contributed by atoms with van der Waals surface area (Å²) in [6, 6.07) is 0. The molecule has 0 aliphatic carbocycles. The molecule has 1 aromatic heterocycles. The Balaban J connectivity index is 1.98. The van der Waals surface area contributed by atoms with E-state index < -0.39 is 0 Å². The van der Waals surface area contributed by atoms with Crippen molar-refractivity contribution in [3.63, 3.8) is 0 Å². The van der Waals surface area contributed by atoms with Crippen LogP contribution >= 0.6 is 11.6 Å². The molecule has 0 bridgehead atoms. The van der Waals surface area contributed by atoms with Crippen LogP contribution in [0.15, 0.2) is 0 Å². The molecule has 2 heterocycles. The van der Waals surface area contributed by atoms with Gasteiger partial charge in [0.25, 0.3) is 0 Å². The molecular weight excluding hydrogens is 236 g/mol. The zero-order valence-electron chi connectivity index (χ0n) is 10.2. The largest absolute Gasteiger partial charge is 0.383 e. The van der Waals surface area contributed by atoms with Gasteiger partial charge in [0, 0.05) is 11.3 Å². The van der Waals surface area contributed by atoms with E-state index in [9.17, 15) is 0 Å². The van der Waals surface area contributed by atoms with Gasteiger partial charge in [-0.15, -0.1) is 0 Å². The van der Waals surface area contributed by atoms with Crippen molar-refractivity contribution in [3.05, 3.63) is 16.5 Å². The predicted molar refractivity (Wildman–Crippen MR) is 70.1 cm³/mol. The topological polar surface area (TPSA) is 63.8 Å². The number of anilines is 1. The highest BCUT2D eigenvalue weighted by molar-refractivity contribution is 6.28. The lowest BCUT2D eigenvalue weighted by Gasteiger charge is -2.22. The molecule has 4 nitrogen and oxygen atoms in total. The lowest BCUT2D eigenvalue weighted by molar-refractivity contribution is 0.354. The molecule has 1 saturated heterocycles. The Labute approximate surface area is 107 Å². The molecule has 0 aromatic carbocycles. The minimum absolute atomic E-state index is 0.241. The Morgan fingerprint density at radius 2 is 2.06 bits per heavy atom. The summed E-state index contributed by atoms with van der Waals surface area (Å²) < 4.78 is 0. The van der Waals surface area contributed by atoms with Gasteiger partial charge in [-0.05, 0) is 63.2 Å². The van der Waals surface area contributed by atoms with Crippen molar-refractivity contribution in [2.75, 3.05) is 18.8 Å². The van der Waals surface area contributed by atoms with Crippen LogP contribution in [0, 0.1) is 12.8 Å². The Morgan fingerprint density at radius 3 is 2.71 bits per heavy atom. The summed E-state index contributed by atoms with van der Waals surface area (Å²) in [5.74, 6) is 1.34. The van der Waals surface area contributed by atoms with Crippen LogP contribution in [0.25, 0.3) is 0 Å². The Morgan fingerprint density at radius 1 is 1.35 bits per heavy atom. The average molecular weight is 255 g/mol. The van der Waals surface area contributed by atoms with Crippen LogP contribution in [0.1, 0.15) is 30.5 Å². The van der Waals surface area contributed by atoms with Crippen molar-refractivity contribution in [1.29, 1.82) is 0 Å². The van der Waals surface area contributed by atoms with Crippen molar-refractivity contribution in [2.24, 2.45) is 5.92 Å². The summed E-state index contributed by atoms with van der Waals surface area (Å²) in [6.45, 7) is 4.22. The maximum absolute atomic E-state index is 5.89. The summed E-state index contributed by atoms with van der Waals surface area (Å²) in [7, 11) is 0. The van der Waals surface area contributed by atoms with Crippen molar-refractivity contribution in [1.82, 2.24) is 15.3 Å². The Bertz CT molecular complexity index is 365. The predicted octanol–water partition coefficient (Wildman–Crippen LogP) is 1.95. The zero-order chi connectivity index (χ0) is 12.3. The SMILES string of the molecule is Cc1nc(Cl)nc(N)c1CCC1CCNCC1. The second-order valence-corrected chi connectivity index (χ2v) is 5.01. The highest BCUT2D eigenvalue weighted by atomic mass is 35.5. The van der Waals surface area contributed by atoms with Crippen LogP contribution in [0.4, 0.5) is 5.82 Å². The number of aromatic nitrogens is 2. The highest BCUT2D eigenvalue weighted by Crippen LogP contribution is 2.22. The van der Waals surface area contributed by atoms with Gasteiger partial charge in [-0.2, -0.15) is 0 Å². The van der Waals surface area contributed by atoms with Gasteiger partial charge in [0.1, 0.15) is 5.82 Å². The molecule has 0 spiro atoms. The van der Waals surface area contributed by atoms with E-state index in [4.69, 9.17) is 17.3 Å². The smallest absolute Gasteiger partial charge is 0.224 e. The van der Waals surface area contributed by atoms with E-state index in [0.29, 0.717) is 5.82 Å². The number of nitrogen functional groups attached to an aromatic ring is 1. The summed E-state index contributed by atoms with van der Waals surface area (Å²) in [5, 5.41) is 3.62. The van der Waals surface area contributed by atoms with Gasteiger partial charge in [-0.3, -0.25) is 0 Å². The summed E-state index contributed by atoms with van der Waals surface area (Å²) in [5.41, 5.74) is 7.87. The van der Waals surface area contributed by atoms with E-state index in [0.717, 1.165) is 43.1 Å². The molecular formula is C12H19ClN4. The Hall–Kier alpha value is -0.870. The number of nitrogens with one attached hydrogen (secondary N) is 1. The fraction of sp³-hybridized carbons (Fsp3) is 0.667. The summed E-state index contributed by atoms with van der Waals surface area (Å²) in [4.78, 5) is 8.18. The molecule has 94 valence electrons. The fourth-order valence-electron chi connectivity index (χ4n) is 2.41. The van der Waals surface area contributed by atoms with Crippen molar-refractivity contribution in [2.45, 2.75) is 32.6 Å². The molecule has 0 atom stereocenters. The molecule has 0 saturated carbocycles. The van der Waals surface area contributed by atoms with E-state index >= 15 is 0 Å². The number of nitrogens with two attached hydrogens (primary N) is 1. The number of nitrogens with zero attached hydrogens (tertiary/aromatic N) is 2. The molecule has 0 amide bonds. The van der Waals surface area contributed by atoms with E-state index in [1.807, 2.05) is 6.92 Å². The molecule has 3 N–H and O–H groups in total. The average Bonchev–Trinajstić information content (AvgIpc) is 2.29. The number of rotatable bonds is 3. The van der Waals surface area contributed by atoms with E-state index in [1.54, 1.807) is 0 Å². The minimum Gasteiger partial charge on any atom is -0.383 e. The normalized spacial score (nSPS) is 17.3. The van der Waals surface area contributed by atoms with Gasteiger partial charge in [0.2, 0.25) is 5.28 Å². The van der Waals surface area contributed by atoms with Crippen LogP contribution in [0.3, 0.4) is 0 Å². The highest BCUT2D eigenvalue weighted by Gasteiger charge is 2.15.